The maximum Gasteiger partial charge on any atom is 0.0792 e. The van der Waals surface area contributed by atoms with Gasteiger partial charge in [0, 0.05) is 5.39 Å². The molecule has 4 aromatic carbocycles. The van der Waals surface area contributed by atoms with E-state index in [0.29, 0.717) is 0 Å². The van der Waals surface area contributed by atoms with Crippen LogP contribution >= 0.6 is 0 Å². The van der Waals surface area contributed by atoms with Crippen LogP contribution in [0.3, 0.4) is 0 Å². The molecule has 0 aliphatic heterocycles. The van der Waals surface area contributed by atoms with E-state index in [1.165, 1.54) is 5.01 Å². The lowest BCUT2D eigenvalue weighted by Crippen LogP contribution is -2.09. The predicted molar refractivity (Wildman–Crippen MR) is 101 cm³/mol. The first-order valence-corrected chi connectivity index (χ1v) is 7.88. The minimum atomic E-state index is 0.767. The number of hydrogen-bond donors (Lipinski definition) is 0. The molecule has 116 valence electrons. The number of nitrogens with zero attached hydrogens (tertiary/aromatic N) is 2. The molecule has 3 heteroatoms. The summed E-state index contributed by atoms with van der Waals surface area (Å²) in [5.41, 5.74) is 2.61. The topological polar surface area (TPSA) is 32.7 Å². The monoisotopic (exact) mass is 312 g/mol. The molecule has 0 N–H and O–H groups in total. The molecule has 0 amide bonds. The van der Waals surface area contributed by atoms with Gasteiger partial charge in [-0.15, -0.1) is 4.91 Å². The molecule has 4 rings (SSSR count). The summed E-state index contributed by atoms with van der Waals surface area (Å²) in [6.07, 6.45) is 0. The fourth-order valence-electron chi connectivity index (χ4n) is 3.17. The molecule has 0 atom stereocenters. The highest BCUT2D eigenvalue weighted by Gasteiger charge is 2.16. The Morgan fingerprint density at radius 1 is 0.750 bits per heavy atom. The Hall–Kier alpha value is -3.20. The van der Waals surface area contributed by atoms with Crippen molar-refractivity contribution in [3.8, 4) is 0 Å². The average Bonchev–Trinajstić information content (AvgIpc) is 2.64. The van der Waals surface area contributed by atoms with Crippen molar-refractivity contribution in [2.75, 3.05) is 5.01 Å². The van der Waals surface area contributed by atoms with E-state index < -0.39 is 0 Å². The number of benzene rings is 4. The molecule has 0 saturated carbocycles. The van der Waals surface area contributed by atoms with Gasteiger partial charge in [0.25, 0.3) is 0 Å². The first kappa shape index (κ1) is 14.4. The van der Waals surface area contributed by atoms with Crippen LogP contribution in [0.5, 0.6) is 0 Å². The number of hydrogen-bond acceptors (Lipinski definition) is 2. The summed E-state index contributed by atoms with van der Waals surface area (Å²) >= 11 is 0. The van der Waals surface area contributed by atoms with Crippen LogP contribution in [0.4, 0.5) is 11.4 Å². The standard InChI is InChI=1S/C21H16N2O/c1-15-10-11-17-7-4-5-9-20(17)21(15)23(22-24)19-13-12-16-6-2-3-8-18(16)14-19/h2-14H,1H3. The molecule has 0 saturated heterocycles. The number of rotatable bonds is 3. The normalized spacial score (nSPS) is 10.9. The Morgan fingerprint density at radius 2 is 1.42 bits per heavy atom. The quantitative estimate of drug-likeness (QED) is 0.337. The first-order chi connectivity index (χ1) is 11.8. The van der Waals surface area contributed by atoms with E-state index in [2.05, 4.69) is 17.4 Å². The molecule has 0 spiro atoms. The molecule has 4 aromatic rings. The van der Waals surface area contributed by atoms with Crippen LogP contribution in [-0.2, 0) is 0 Å². The third kappa shape index (κ3) is 2.31. The predicted octanol–water partition coefficient (Wildman–Crippen LogP) is 6.12. The maximum absolute atomic E-state index is 11.7. The number of anilines is 2. The Bertz CT molecular complexity index is 1060. The summed E-state index contributed by atoms with van der Waals surface area (Å²) in [5, 5.41) is 9.15. The van der Waals surface area contributed by atoms with Crippen molar-refractivity contribution in [2.24, 2.45) is 5.29 Å². The van der Waals surface area contributed by atoms with Crippen LogP contribution in [0.2, 0.25) is 0 Å². The molecule has 0 unspecified atom stereocenters. The van der Waals surface area contributed by atoms with E-state index in [-0.39, 0.29) is 0 Å². The second kappa shape index (κ2) is 5.78. The smallest absolute Gasteiger partial charge is 0.0792 e. The van der Waals surface area contributed by atoms with Crippen molar-refractivity contribution < 1.29 is 0 Å². The van der Waals surface area contributed by atoms with Gasteiger partial charge in [-0.2, -0.15) is 5.01 Å². The molecule has 0 aliphatic carbocycles. The molecule has 0 radical (unpaired) electrons. The van der Waals surface area contributed by atoms with Crippen molar-refractivity contribution in [2.45, 2.75) is 6.92 Å². The summed E-state index contributed by atoms with van der Waals surface area (Å²) in [6, 6.07) is 26.2. The van der Waals surface area contributed by atoms with E-state index in [0.717, 1.165) is 38.5 Å². The van der Waals surface area contributed by atoms with Crippen molar-refractivity contribution in [3.05, 3.63) is 89.3 Å². The fraction of sp³-hybridized carbons (Fsp3) is 0.0476. The number of aryl methyl sites for hydroxylation is 1. The molecule has 24 heavy (non-hydrogen) atoms. The zero-order valence-electron chi connectivity index (χ0n) is 13.3. The molecule has 0 aromatic heterocycles. The maximum atomic E-state index is 11.7. The lowest BCUT2D eigenvalue weighted by Gasteiger charge is -2.20. The Morgan fingerprint density at radius 3 is 2.21 bits per heavy atom. The Labute approximate surface area is 140 Å². The number of nitroso groups, excluding NO2 is 1. The Balaban J connectivity index is 1.95. The molecule has 0 aliphatic rings. The van der Waals surface area contributed by atoms with Crippen molar-refractivity contribution >= 4 is 32.9 Å². The van der Waals surface area contributed by atoms with Gasteiger partial charge in [-0.05, 0) is 40.8 Å². The summed E-state index contributed by atoms with van der Waals surface area (Å²) in [4.78, 5) is 11.7. The van der Waals surface area contributed by atoms with Crippen molar-refractivity contribution in [1.29, 1.82) is 0 Å². The Kier molecular flexibility index (Phi) is 3.47. The van der Waals surface area contributed by atoms with Crippen LogP contribution in [0, 0.1) is 11.8 Å². The highest BCUT2D eigenvalue weighted by atomic mass is 16.3. The minimum absolute atomic E-state index is 0.767. The minimum Gasteiger partial charge on any atom is -0.197 e. The SMILES string of the molecule is Cc1ccc2ccccc2c1N(N=O)c1ccc2ccccc2c1. The third-order valence-corrected chi connectivity index (χ3v) is 4.37. The van der Waals surface area contributed by atoms with Gasteiger partial charge in [0.2, 0.25) is 0 Å². The summed E-state index contributed by atoms with van der Waals surface area (Å²) < 4.78 is 0. The molecular formula is C21H16N2O. The van der Waals surface area contributed by atoms with E-state index >= 15 is 0 Å². The average molecular weight is 312 g/mol. The summed E-state index contributed by atoms with van der Waals surface area (Å²) in [7, 11) is 0. The van der Waals surface area contributed by atoms with E-state index in [1.54, 1.807) is 0 Å². The zero-order chi connectivity index (χ0) is 16.5. The van der Waals surface area contributed by atoms with Crippen LogP contribution in [0.15, 0.2) is 84.1 Å². The second-order valence-corrected chi connectivity index (χ2v) is 5.88. The largest absolute Gasteiger partial charge is 0.197 e. The van der Waals surface area contributed by atoms with E-state index in [9.17, 15) is 4.91 Å². The highest BCUT2D eigenvalue weighted by Crippen LogP contribution is 2.36. The molecule has 0 bridgehead atoms. The highest BCUT2D eigenvalue weighted by molar-refractivity contribution is 5.98. The summed E-state index contributed by atoms with van der Waals surface area (Å²) in [6.45, 7) is 2.00. The van der Waals surface area contributed by atoms with Crippen LogP contribution < -0.4 is 5.01 Å². The van der Waals surface area contributed by atoms with E-state index in [4.69, 9.17) is 0 Å². The van der Waals surface area contributed by atoms with E-state index in [1.807, 2.05) is 73.7 Å². The van der Waals surface area contributed by atoms with Gasteiger partial charge in [-0.1, -0.05) is 66.7 Å². The fourth-order valence-corrected chi connectivity index (χ4v) is 3.17. The first-order valence-electron chi connectivity index (χ1n) is 7.88. The lowest BCUT2D eigenvalue weighted by molar-refractivity contribution is 1.07. The molecule has 0 heterocycles. The van der Waals surface area contributed by atoms with Crippen molar-refractivity contribution in [3.63, 3.8) is 0 Å². The van der Waals surface area contributed by atoms with Crippen LogP contribution in [0.1, 0.15) is 5.56 Å². The molecular weight excluding hydrogens is 296 g/mol. The summed E-state index contributed by atoms with van der Waals surface area (Å²) in [5.74, 6) is 0. The van der Waals surface area contributed by atoms with Gasteiger partial charge in [-0.25, -0.2) is 0 Å². The van der Waals surface area contributed by atoms with Gasteiger partial charge in [0.05, 0.1) is 16.7 Å². The number of fused-ring (bicyclic) bond motifs is 2. The molecule has 3 nitrogen and oxygen atoms in total. The van der Waals surface area contributed by atoms with Gasteiger partial charge in [-0.3, -0.25) is 0 Å². The lowest BCUT2D eigenvalue weighted by atomic mass is 10.0. The van der Waals surface area contributed by atoms with Gasteiger partial charge in [0.15, 0.2) is 0 Å². The van der Waals surface area contributed by atoms with Crippen molar-refractivity contribution in [1.82, 2.24) is 0 Å². The second-order valence-electron chi connectivity index (χ2n) is 5.88. The van der Waals surface area contributed by atoms with Gasteiger partial charge >= 0.3 is 0 Å². The van der Waals surface area contributed by atoms with Gasteiger partial charge in [0.1, 0.15) is 0 Å². The third-order valence-electron chi connectivity index (χ3n) is 4.37. The zero-order valence-corrected chi connectivity index (χ0v) is 13.3. The molecule has 0 fully saturated rings. The van der Waals surface area contributed by atoms with Crippen LogP contribution in [0.25, 0.3) is 21.5 Å². The van der Waals surface area contributed by atoms with Crippen LogP contribution in [-0.4, -0.2) is 0 Å². The van der Waals surface area contributed by atoms with Gasteiger partial charge < -0.3 is 0 Å².